The molecule has 0 aromatic heterocycles. The minimum atomic E-state index is -3.45. The molecule has 1 atom stereocenters. The first kappa shape index (κ1) is 19.9. The lowest BCUT2D eigenvalue weighted by Gasteiger charge is -2.14. The molecule has 2 aromatic carbocycles. The van der Waals surface area contributed by atoms with Crippen molar-refractivity contribution >= 4 is 21.6 Å². The fraction of sp³-hybridized carbons (Fsp3) is 0.409. The standard InChI is InChI=1S/C22H27N3O3S/c1-15(17-5-6-17)23-22(26)24-20-7-9-21(10-8-20)29(27,28)14-16-3-4-18-12-25(2)13-19(18)11-16/h3-4,7-11,15,17H,5-6,12-14H2,1-2H3,(H2,23,24,26). The van der Waals surface area contributed by atoms with Gasteiger partial charge in [0.2, 0.25) is 0 Å². The van der Waals surface area contributed by atoms with E-state index < -0.39 is 9.84 Å². The van der Waals surface area contributed by atoms with Gasteiger partial charge in [-0.15, -0.1) is 0 Å². The highest BCUT2D eigenvalue weighted by atomic mass is 32.2. The summed E-state index contributed by atoms with van der Waals surface area (Å²) in [7, 11) is -1.40. The lowest BCUT2D eigenvalue weighted by Crippen LogP contribution is -2.37. The first-order chi connectivity index (χ1) is 13.8. The Balaban J connectivity index is 1.40. The summed E-state index contributed by atoms with van der Waals surface area (Å²) in [6, 6.07) is 12.2. The molecule has 7 heteroatoms. The Labute approximate surface area is 172 Å². The SMILES string of the molecule is CC(NC(=O)Nc1ccc(S(=O)(=O)Cc2ccc3c(c2)CN(C)C3)cc1)C1CC1. The molecule has 0 spiro atoms. The summed E-state index contributed by atoms with van der Waals surface area (Å²) in [6.07, 6.45) is 2.32. The predicted molar refractivity (Wildman–Crippen MR) is 113 cm³/mol. The van der Waals surface area contributed by atoms with Gasteiger partial charge in [-0.05, 0) is 73.7 Å². The van der Waals surface area contributed by atoms with Crippen LogP contribution in [0.25, 0.3) is 0 Å². The molecular weight excluding hydrogens is 386 g/mol. The van der Waals surface area contributed by atoms with Crippen molar-refractivity contribution < 1.29 is 13.2 Å². The molecule has 1 aliphatic heterocycles. The first-order valence-electron chi connectivity index (χ1n) is 10.00. The number of fused-ring (bicyclic) bond motifs is 1. The van der Waals surface area contributed by atoms with Gasteiger partial charge in [0.1, 0.15) is 0 Å². The minimum absolute atomic E-state index is 0.0316. The van der Waals surface area contributed by atoms with Crippen molar-refractivity contribution in [2.24, 2.45) is 5.92 Å². The summed E-state index contributed by atoms with van der Waals surface area (Å²) in [6.45, 7) is 3.76. The molecule has 1 fully saturated rings. The van der Waals surface area contributed by atoms with Crippen LogP contribution in [0.1, 0.15) is 36.5 Å². The number of benzene rings is 2. The Morgan fingerprint density at radius 3 is 2.48 bits per heavy atom. The molecule has 154 valence electrons. The summed E-state index contributed by atoms with van der Waals surface area (Å²) >= 11 is 0. The number of hydrogen-bond acceptors (Lipinski definition) is 4. The van der Waals surface area contributed by atoms with Crippen LogP contribution in [-0.2, 0) is 28.7 Å². The van der Waals surface area contributed by atoms with Crippen molar-refractivity contribution in [2.45, 2.75) is 49.5 Å². The van der Waals surface area contributed by atoms with E-state index in [9.17, 15) is 13.2 Å². The molecule has 1 aliphatic carbocycles. The molecule has 0 radical (unpaired) electrons. The van der Waals surface area contributed by atoms with E-state index in [0.717, 1.165) is 31.5 Å². The van der Waals surface area contributed by atoms with E-state index in [0.29, 0.717) is 11.6 Å². The van der Waals surface area contributed by atoms with Crippen molar-refractivity contribution in [2.75, 3.05) is 12.4 Å². The second-order valence-electron chi connectivity index (χ2n) is 8.28. The molecule has 0 saturated heterocycles. The van der Waals surface area contributed by atoms with Gasteiger partial charge < -0.3 is 10.6 Å². The van der Waals surface area contributed by atoms with Gasteiger partial charge in [0.05, 0.1) is 10.6 Å². The number of carbonyl (C=O) groups is 1. The molecule has 1 saturated carbocycles. The topological polar surface area (TPSA) is 78.5 Å². The Morgan fingerprint density at radius 1 is 1.10 bits per heavy atom. The third-order valence-corrected chi connectivity index (χ3v) is 7.37. The highest BCUT2D eigenvalue weighted by molar-refractivity contribution is 7.90. The van der Waals surface area contributed by atoms with E-state index in [4.69, 9.17) is 0 Å². The Morgan fingerprint density at radius 2 is 1.79 bits per heavy atom. The van der Waals surface area contributed by atoms with Gasteiger partial charge in [0.25, 0.3) is 0 Å². The van der Waals surface area contributed by atoms with Crippen LogP contribution >= 0.6 is 0 Å². The number of nitrogens with one attached hydrogen (secondary N) is 2. The van der Waals surface area contributed by atoms with Crippen molar-refractivity contribution in [3.63, 3.8) is 0 Å². The molecule has 2 amide bonds. The van der Waals surface area contributed by atoms with Crippen LogP contribution in [0.3, 0.4) is 0 Å². The van der Waals surface area contributed by atoms with Gasteiger partial charge in [-0.3, -0.25) is 4.90 Å². The number of sulfone groups is 1. The van der Waals surface area contributed by atoms with Gasteiger partial charge in [0.15, 0.2) is 9.84 Å². The van der Waals surface area contributed by atoms with Crippen LogP contribution in [0.2, 0.25) is 0 Å². The average Bonchev–Trinajstić information content (AvgIpc) is 3.43. The molecular formula is C22H27N3O3S. The zero-order valence-corrected chi connectivity index (χ0v) is 17.6. The predicted octanol–water partition coefficient (Wildman–Crippen LogP) is 3.53. The third-order valence-electron chi connectivity index (χ3n) is 5.67. The lowest BCUT2D eigenvalue weighted by molar-refractivity contribution is 0.248. The highest BCUT2D eigenvalue weighted by Gasteiger charge is 2.28. The maximum Gasteiger partial charge on any atom is 0.319 e. The molecule has 2 aromatic rings. The van der Waals surface area contributed by atoms with Gasteiger partial charge in [-0.25, -0.2) is 13.2 Å². The number of anilines is 1. The van der Waals surface area contributed by atoms with Gasteiger partial charge in [-0.1, -0.05) is 18.2 Å². The second-order valence-corrected chi connectivity index (χ2v) is 10.3. The van der Waals surface area contributed by atoms with Crippen molar-refractivity contribution in [1.82, 2.24) is 10.2 Å². The number of rotatable bonds is 6. The number of nitrogens with zero attached hydrogens (tertiary/aromatic N) is 1. The van der Waals surface area contributed by atoms with Crippen LogP contribution < -0.4 is 10.6 Å². The molecule has 2 aliphatic rings. The van der Waals surface area contributed by atoms with Crippen molar-refractivity contribution in [1.29, 1.82) is 0 Å². The van der Waals surface area contributed by atoms with E-state index in [2.05, 4.69) is 22.6 Å². The summed E-state index contributed by atoms with van der Waals surface area (Å²) in [5.74, 6) is 0.545. The van der Waals surface area contributed by atoms with Crippen LogP contribution in [0, 0.1) is 5.92 Å². The summed E-state index contributed by atoms with van der Waals surface area (Å²) in [5.41, 5.74) is 3.84. The van der Waals surface area contributed by atoms with E-state index in [1.54, 1.807) is 24.3 Å². The Hall–Kier alpha value is -2.38. The normalized spacial score (nSPS) is 17.6. The first-order valence-corrected chi connectivity index (χ1v) is 11.6. The van der Waals surface area contributed by atoms with E-state index in [1.807, 2.05) is 25.1 Å². The Kier molecular flexibility index (Phi) is 5.36. The molecule has 1 heterocycles. The highest BCUT2D eigenvalue weighted by Crippen LogP contribution is 2.32. The van der Waals surface area contributed by atoms with Crippen molar-refractivity contribution in [3.05, 3.63) is 59.2 Å². The molecule has 0 bridgehead atoms. The maximum atomic E-state index is 12.8. The van der Waals surface area contributed by atoms with E-state index in [-0.39, 0.29) is 22.7 Å². The second kappa shape index (κ2) is 7.80. The smallest absolute Gasteiger partial charge is 0.319 e. The number of urea groups is 1. The van der Waals surface area contributed by atoms with Crippen LogP contribution in [0.5, 0.6) is 0 Å². The molecule has 6 nitrogen and oxygen atoms in total. The van der Waals surface area contributed by atoms with Gasteiger partial charge in [-0.2, -0.15) is 0 Å². The van der Waals surface area contributed by atoms with Gasteiger partial charge in [0, 0.05) is 24.8 Å². The third kappa shape index (κ3) is 4.79. The fourth-order valence-electron chi connectivity index (χ4n) is 3.84. The minimum Gasteiger partial charge on any atom is -0.335 e. The molecule has 1 unspecified atom stereocenters. The van der Waals surface area contributed by atoms with E-state index in [1.165, 1.54) is 11.1 Å². The maximum absolute atomic E-state index is 12.8. The van der Waals surface area contributed by atoms with Crippen LogP contribution in [0.15, 0.2) is 47.4 Å². The monoisotopic (exact) mass is 413 g/mol. The van der Waals surface area contributed by atoms with Crippen LogP contribution in [0.4, 0.5) is 10.5 Å². The number of carbonyl (C=O) groups excluding carboxylic acids is 1. The van der Waals surface area contributed by atoms with Gasteiger partial charge >= 0.3 is 6.03 Å². The molecule has 29 heavy (non-hydrogen) atoms. The number of amides is 2. The zero-order valence-electron chi connectivity index (χ0n) is 16.8. The molecule has 4 rings (SSSR count). The summed E-state index contributed by atoms with van der Waals surface area (Å²) in [5, 5.41) is 5.69. The molecule has 2 N–H and O–H groups in total. The number of hydrogen-bond donors (Lipinski definition) is 2. The zero-order chi connectivity index (χ0) is 20.6. The largest absolute Gasteiger partial charge is 0.335 e. The average molecular weight is 414 g/mol. The van der Waals surface area contributed by atoms with Crippen molar-refractivity contribution in [3.8, 4) is 0 Å². The lowest BCUT2D eigenvalue weighted by atomic mass is 10.1. The van der Waals surface area contributed by atoms with E-state index >= 15 is 0 Å². The Bertz CT molecular complexity index is 1010. The van der Waals surface area contributed by atoms with Crippen LogP contribution in [-0.4, -0.2) is 32.4 Å². The fourth-order valence-corrected chi connectivity index (χ4v) is 5.18. The quantitative estimate of drug-likeness (QED) is 0.759. The summed E-state index contributed by atoms with van der Waals surface area (Å²) in [4.78, 5) is 14.5. The summed E-state index contributed by atoms with van der Waals surface area (Å²) < 4.78 is 25.6.